The molecule has 1 N–H and O–H groups in total. The van der Waals surface area contributed by atoms with E-state index in [2.05, 4.69) is 25.5 Å². The van der Waals surface area contributed by atoms with Crippen molar-refractivity contribution in [3.63, 3.8) is 0 Å². The summed E-state index contributed by atoms with van der Waals surface area (Å²) in [5.74, 6) is 3.10. The van der Waals surface area contributed by atoms with Crippen LogP contribution in [0.25, 0.3) is 0 Å². The fourth-order valence-electron chi connectivity index (χ4n) is 5.11. The molecule has 5 heteroatoms. The molecule has 0 amide bonds. The first-order valence-corrected chi connectivity index (χ1v) is 10.1. The molecule has 3 aliphatic rings. The van der Waals surface area contributed by atoms with Crippen LogP contribution in [0, 0.1) is 29.6 Å². The van der Waals surface area contributed by atoms with Gasteiger partial charge >= 0.3 is 0 Å². The standard InChI is InChI=1S/C16H30N2O2S/c1-11-6-12(2)10-18(9-11)21(19,20)17-13(3)16-8-14-4-5-15(16)7-14/h11-17H,4-10H2,1-3H3. The molecule has 1 aliphatic heterocycles. The zero-order valence-corrected chi connectivity index (χ0v) is 14.4. The Balaban J connectivity index is 1.62. The molecule has 122 valence electrons. The summed E-state index contributed by atoms with van der Waals surface area (Å²) in [7, 11) is -3.32. The largest absolute Gasteiger partial charge is 0.279 e. The molecule has 6 unspecified atom stereocenters. The fraction of sp³-hybridized carbons (Fsp3) is 1.00. The minimum Gasteiger partial charge on any atom is -0.199 e. The van der Waals surface area contributed by atoms with Crippen LogP contribution in [-0.2, 0) is 10.2 Å². The van der Waals surface area contributed by atoms with E-state index in [-0.39, 0.29) is 6.04 Å². The maximum atomic E-state index is 12.7. The molecule has 6 atom stereocenters. The summed E-state index contributed by atoms with van der Waals surface area (Å²) >= 11 is 0. The average Bonchev–Trinajstić information content (AvgIpc) is 2.99. The molecular weight excluding hydrogens is 284 g/mol. The Labute approximate surface area is 129 Å². The van der Waals surface area contributed by atoms with Crippen molar-refractivity contribution < 1.29 is 8.42 Å². The second kappa shape index (κ2) is 5.82. The Hall–Kier alpha value is -0.130. The van der Waals surface area contributed by atoms with Gasteiger partial charge in [-0.2, -0.15) is 17.4 Å². The van der Waals surface area contributed by atoms with E-state index < -0.39 is 10.2 Å². The molecule has 2 saturated carbocycles. The van der Waals surface area contributed by atoms with Gasteiger partial charge in [0, 0.05) is 19.1 Å². The van der Waals surface area contributed by atoms with Gasteiger partial charge in [0.25, 0.3) is 10.2 Å². The van der Waals surface area contributed by atoms with Crippen molar-refractivity contribution in [2.24, 2.45) is 29.6 Å². The molecule has 3 fully saturated rings. The van der Waals surface area contributed by atoms with Crippen LogP contribution in [0.3, 0.4) is 0 Å². The van der Waals surface area contributed by atoms with Gasteiger partial charge in [-0.3, -0.25) is 0 Å². The summed E-state index contributed by atoms with van der Waals surface area (Å²) < 4.78 is 30.0. The molecule has 0 aromatic heterocycles. The molecule has 1 saturated heterocycles. The molecule has 0 spiro atoms. The first-order chi connectivity index (χ1) is 9.85. The van der Waals surface area contributed by atoms with Gasteiger partial charge in [-0.25, -0.2) is 0 Å². The molecule has 0 radical (unpaired) electrons. The Kier molecular flexibility index (Phi) is 4.37. The van der Waals surface area contributed by atoms with Crippen molar-refractivity contribution >= 4 is 10.2 Å². The Morgan fingerprint density at radius 3 is 2.24 bits per heavy atom. The van der Waals surface area contributed by atoms with Gasteiger partial charge in [0.05, 0.1) is 0 Å². The summed E-state index contributed by atoms with van der Waals surface area (Å²) in [4.78, 5) is 0. The second-order valence-electron chi connectivity index (χ2n) is 8.01. The molecular formula is C16H30N2O2S. The highest BCUT2D eigenvalue weighted by Crippen LogP contribution is 2.49. The zero-order valence-electron chi connectivity index (χ0n) is 13.6. The highest BCUT2D eigenvalue weighted by molar-refractivity contribution is 7.87. The number of hydrogen-bond donors (Lipinski definition) is 1. The summed E-state index contributed by atoms with van der Waals surface area (Å²) in [5, 5.41) is 0. The van der Waals surface area contributed by atoms with Crippen molar-refractivity contribution in [1.29, 1.82) is 0 Å². The van der Waals surface area contributed by atoms with E-state index in [4.69, 9.17) is 0 Å². The van der Waals surface area contributed by atoms with Crippen LogP contribution in [0.4, 0.5) is 0 Å². The SMILES string of the molecule is CC1CC(C)CN(S(=O)(=O)NC(C)C2CC3CCC2C3)C1. The minimum absolute atomic E-state index is 0.0813. The van der Waals surface area contributed by atoms with Gasteiger partial charge in [0.1, 0.15) is 0 Å². The number of piperidine rings is 1. The fourth-order valence-corrected chi connectivity index (χ4v) is 6.80. The number of hydrogen-bond acceptors (Lipinski definition) is 2. The predicted molar refractivity (Wildman–Crippen MR) is 85.0 cm³/mol. The minimum atomic E-state index is -3.32. The lowest BCUT2D eigenvalue weighted by molar-refractivity contribution is 0.215. The maximum Gasteiger partial charge on any atom is 0.279 e. The highest BCUT2D eigenvalue weighted by atomic mass is 32.2. The van der Waals surface area contributed by atoms with Crippen molar-refractivity contribution in [2.75, 3.05) is 13.1 Å². The topological polar surface area (TPSA) is 49.4 Å². The van der Waals surface area contributed by atoms with Crippen LogP contribution in [0.5, 0.6) is 0 Å². The predicted octanol–water partition coefficient (Wildman–Crippen LogP) is 2.62. The number of nitrogens with zero attached hydrogens (tertiary/aromatic N) is 1. The van der Waals surface area contributed by atoms with Gasteiger partial charge in [0.15, 0.2) is 0 Å². The summed E-state index contributed by atoms with van der Waals surface area (Å²) in [6.45, 7) is 7.71. The molecule has 2 bridgehead atoms. The molecule has 21 heavy (non-hydrogen) atoms. The Morgan fingerprint density at radius 1 is 1.05 bits per heavy atom. The van der Waals surface area contributed by atoms with E-state index in [0.717, 1.165) is 18.3 Å². The summed E-state index contributed by atoms with van der Waals surface area (Å²) in [5.41, 5.74) is 0. The van der Waals surface area contributed by atoms with E-state index >= 15 is 0 Å². The van der Waals surface area contributed by atoms with Crippen molar-refractivity contribution in [3.05, 3.63) is 0 Å². The Bertz CT molecular complexity index is 469. The lowest BCUT2D eigenvalue weighted by Crippen LogP contribution is -2.51. The van der Waals surface area contributed by atoms with Gasteiger partial charge in [-0.05, 0) is 62.2 Å². The quantitative estimate of drug-likeness (QED) is 0.867. The average molecular weight is 314 g/mol. The third-order valence-corrected chi connectivity index (χ3v) is 7.59. The number of fused-ring (bicyclic) bond motifs is 2. The van der Waals surface area contributed by atoms with Gasteiger partial charge < -0.3 is 0 Å². The molecule has 0 aromatic carbocycles. The van der Waals surface area contributed by atoms with E-state index in [1.165, 1.54) is 25.7 Å². The Morgan fingerprint density at radius 2 is 1.71 bits per heavy atom. The number of rotatable bonds is 4. The smallest absolute Gasteiger partial charge is 0.199 e. The van der Waals surface area contributed by atoms with Crippen LogP contribution in [0.1, 0.15) is 52.9 Å². The molecule has 4 nitrogen and oxygen atoms in total. The molecule has 2 aliphatic carbocycles. The van der Waals surface area contributed by atoms with Crippen LogP contribution in [-0.4, -0.2) is 31.9 Å². The van der Waals surface area contributed by atoms with Crippen molar-refractivity contribution in [3.8, 4) is 0 Å². The lowest BCUT2D eigenvalue weighted by Gasteiger charge is -2.36. The highest BCUT2D eigenvalue weighted by Gasteiger charge is 2.43. The normalized spacial score (nSPS) is 42.3. The van der Waals surface area contributed by atoms with E-state index in [1.54, 1.807) is 4.31 Å². The van der Waals surface area contributed by atoms with Crippen LogP contribution < -0.4 is 4.72 Å². The van der Waals surface area contributed by atoms with E-state index in [9.17, 15) is 8.42 Å². The first kappa shape index (κ1) is 15.8. The third kappa shape index (κ3) is 3.30. The van der Waals surface area contributed by atoms with Crippen LogP contribution in [0.2, 0.25) is 0 Å². The molecule has 1 heterocycles. The first-order valence-electron chi connectivity index (χ1n) is 8.62. The van der Waals surface area contributed by atoms with Gasteiger partial charge in [-0.1, -0.05) is 20.3 Å². The van der Waals surface area contributed by atoms with E-state index in [1.807, 2.05) is 0 Å². The second-order valence-corrected chi connectivity index (χ2v) is 9.72. The van der Waals surface area contributed by atoms with Crippen LogP contribution in [0.15, 0.2) is 0 Å². The van der Waals surface area contributed by atoms with E-state index in [0.29, 0.717) is 30.8 Å². The molecule has 0 aromatic rings. The lowest BCUT2D eigenvalue weighted by atomic mass is 9.84. The zero-order chi connectivity index (χ0) is 15.2. The van der Waals surface area contributed by atoms with Gasteiger partial charge in [-0.15, -0.1) is 0 Å². The summed E-state index contributed by atoms with van der Waals surface area (Å²) in [6, 6.07) is 0.0813. The van der Waals surface area contributed by atoms with Crippen molar-refractivity contribution in [2.45, 2.75) is 58.9 Å². The summed E-state index contributed by atoms with van der Waals surface area (Å²) in [6.07, 6.45) is 6.35. The number of nitrogens with one attached hydrogen (secondary N) is 1. The maximum absolute atomic E-state index is 12.7. The third-order valence-electron chi connectivity index (χ3n) is 5.95. The monoisotopic (exact) mass is 314 g/mol. The van der Waals surface area contributed by atoms with Crippen LogP contribution >= 0.6 is 0 Å². The molecule has 3 rings (SSSR count). The van der Waals surface area contributed by atoms with Crippen molar-refractivity contribution in [1.82, 2.24) is 9.03 Å². The van der Waals surface area contributed by atoms with Gasteiger partial charge in [0.2, 0.25) is 0 Å².